The third-order valence-electron chi connectivity index (χ3n) is 21.0. The van der Waals surface area contributed by atoms with Crippen LogP contribution in [0.15, 0.2) is 355 Å². The molecule has 0 radical (unpaired) electrons. The van der Waals surface area contributed by atoms with E-state index in [1.165, 1.54) is 46.6 Å². The Bertz CT molecular complexity index is 7450. The quantitative estimate of drug-likeness (QED) is 0.142. The molecule has 0 aliphatic heterocycles. The summed E-state index contributed by atoms with van der Waals surface area (Å²) in [7, 11) is 0. The van der Waals surface area contributed by atoms with Gasteiger partial charge in [0.05, 0.1) is 44.2 Å². The molecule has 11 heteroatoms. The van der Waals surface area contributed by atoms with Crippen LogP contribution in [0.25, 0.3) is 218 Å². The number of aromatic nitrogens is 7. The Morgan fingerprint density at radius 2 is 0.611 bits per heavy atom. The van der Waals surface area contributed by atoms with E-state index in [1.54, 1.807) is 11.3 Å². The van der Waals surface area contributed by atoms with Gasteiger partial charge in [-0.1, -0.05) is 249 Å². The fourth-order valence-corrected chi connectivity index (χ4v) is 18.5. The molecule has 0 aliphatic carbocycles. The zero-order valence-electron chi connectivity index (χ0n) is 57.7. The van der Waals surface area contributed by atoms with Gasteiger partial charge in [-0.15, -0.1) is 22.7 Å². The van der Waals surface area contributed by atoms with Crippen molar-refractivity contribution in [2.75, 3.05) is 0 Å². The molecule has 0 fully saturated rings. The van der Waals surface area contributed by atoms with Gasteiger partial charge in [-0.05, 0) is 103 Å². The summed E-state index contributed by atoms with van der Waals surface area (Å²) in [4.78, 5) is 25.7. The number of hydrogen-bond donors (Lipinski definition) is 0. The van der Waals surface area contributed by atoms with E-state index in [0.717, 1.165) is 149 Å². The topological polar surface area (TPSA) is 101 Å². The average molecular weight is 1420 g/mol. The van der Waals surface area contributed by atoms with E-state index < -0.39 is 0 Å². The largest absolute Gasteiger partial charge is 0.455 e. The third-order valence-corrected chi connectivity index (χ3v) is 23.5. The maximum Gasteiger partial charge on any atom is 0.165 e. The van der Waals surface area contributed by atoms with E-state index in [1.807, 2.05) is 78.1 Å². The van der Waals surface area contributed by atoms with Gasteiger partial charge < -0.3 is 18.0 Å². The highest BCUT2D eigenvalue weighted by atomic mass is 32.1. The average Bonchev–Trinajstić information content (AvgIpc) is 1.56. The molecule has 504 valence electrons. The molecule has 108 heavy (non-hydrogen) atoms. The summed E-state index contributed by atoms with van der Waals surface area (Å²) in [5.74, 6) is 2.62. The summed E-state index contributed by atoms with van der Waals surface area (Å²) in [5, 5.41) is 13.9. The molecule has 0 N–H and O–H groups in total. The van der Waals surface area contributed by atoms with Crippen molar-refractivity contribution in [2.45, 2.75) is 0 Å². The van der Waals surface area contributed by atoms with E-state index in [2.05, 4.69) is 288 Å². The van der Waals surface area contributed by atoms with Crippen LogP contribution in [0.2, 0.25) is 0 Å². The number of para-hydroxylation sites is 4. The van der Waals surface area contributed by atoms with Crippen molar-refractivity contribution in [1.82, 2.24) is 34.1 Å². The van der Waals surface area contributed by atoms with Crippen LogP contribution in [-0.2, 0) is 0 Å². The van der Waals surface area contributed by atoms with Gasteiger partial charge in [-0.3, -0.25) is 0 Å². The predicted octanol–water partition coefficient (Wildman–Crippen LogP) is 26.7. The lowest BCUT2D eigenvalue weighted by Gasteiger charge is -2.13. The van der Waals surface area contributed by atoms with E-state index in [9.17, 15) is 0 Å². The first-order valence-corrected chi connectivity index (χ1v) is 37.7. The van der Waals surface area contributed by atoms with Crippen LogP contribution < -0.4 is 0 Å². The minimum Gasteiger partial charge on any atom is -0.455 e. The first kappa shape index (κ1) is 61.5. The van der Waals surface area contributed by atoms with Gasteiger partial charge >= 0.3 is 0 Å². The SMILES string of the molecule is c1ccc(-c2cc(-c3ccccc3)nc(-c3cccc(-c4cc(-n5c6ccccc6c6c7oc8ccccc8c7ccc65)cc5c4sc4ccccc45)c3)n2)cc1.c1ccc(-c2nc(-c3ccccc3)nc(-c3cc(-n4c5ccccc5c5c6oc7ccccc7c6ccc54)cc4c3sc3ccccc34)n2)cc1. The van der Waals surface area contributed by atoms with Gasteiger partial charge in [-0.25, -0.2) is 24.9 Å². The van der Waals surface area contributed by atoms with E-state index >= 15 is 0 Å². The van der Waals surface area contributed by atoms with E-state index in [-0.39, 0.29) is 0 Å². The van der Waals surface area contributed by atoms with Crippen LogP contribution in [0.4, 0.5) is 0 Å². The molecule has 0 atom stereocenters. The zero-order chi connectivity index (χ0) is 70.9. The number of furan rings is 2. The molecule has 0 aliphatic rings. The van der Waals surface area contributed by atoms with Gasteiger partial charge in [-0.2, -0.15) is 0 Å². The van der Waals surface area contributed by atoms with Crippen molar-refractivity contribution < 1.29 is 8.83 Å². The summed E-state index contributed by atoms with van der Waals surface area (Å²) in [6.45, 7) is 0. The highest BCUT2D eigenvalue weighted by Crippen LogP contribution is 2.49. The molecule has 9 nitrogen and oxygen atoms in total. The minimum absolute atomic E-state index is 0.640. The summed E-state index contributed by atoms with van der Waals surface area (Å²) in [6, 6.07) is 121. The summed E-state index contributed by atoms with van der Waals surface area (Å²) in [5.41, 5.74) is 20.2. The van der Waals surface area contributed by atoms with Crippen LogP contribution in [0, 0.1) is 0 Å². The number of nitrogens with zero attached hydrogens (tertiary/aromatic N) is 7. The van der Waals surface area contributed by atoms with Crippen LogP contribution in [0.1, 0.15) is 0 Å². The van der Waals surface area contributed by atoms with Crippen molar-refractivity contribution in [3.8, 4) is 90.6 Å². The molecular weight excluding hydrogens is 1360 g/mol. The number of fused-ring (bicyclic) bond motifs is 20. The molecule has 0 spiro atoms. The molecule has 0 saturated heterocycles. The molecule has 0 saturated carbocycles. The molecule has 0 unspecified atom stereocenters. The fourth-order valence-electron chi connectivity index (χ4n) is 16.1. The monoisotopic (exact) mass is 1420 g/mol. The first-order valence-electron chi connectivity index (χ1n) is 36.1. The second-order valence-electron chi connectivity index (χ2n) is 27.3. The van der Waals surface area contributed by atoms with Gasteiger partial charge in [0.15, 0.2) is 23.3 Å². The summed E-state index contributed by atoms with van der Waals surface area (Å²) in [6.07, 6.45) is 0. The molecule has 23 aromatic rings. The molecule has 23 rings (SSSR count). The highest BCUT2D eigenvalue weighted by Gasteiger charge is 2.26. The molecule has 15 aromatic carbocycles. The lowest BCUT2D eigenvalue weighted by Crippen LogP contribution is -2.01. The molecule has 0 bridgehead atoms. The van der Waals surface area contributed by atoms with Crippen LogP contribution in [0.3, 0.4) is 0 Å². The number of benzene rings is 15. The van der Waals surface area contributed by atoms with E-state index in [4.69, 9.17) is 33.8 Å². The van der Waals surface area contributed by atoms with Crippen molar-refractivity contribution in [3.05, 3.63) is 346 Å². The Hall–Kier alpha value is -14.0. The third kappa shape index (κ3) is 10.0. The van der Waals surface area contributed by atoms with Crippen molar-refractivity contribution in [1.29, 1.82) is 0 Å². The summed E-state index contributed by atoms with van der Waals surface area (Å²) >= 11 is 3.63. The highest BCUT2D eigenvalue weighted by molar-refractivity contribution is 7.26. The van der Waals surface area contributed by atoms with Gasteiger partial charge in [0, 0.05) is 123 Å². The number of thiophene rings is 2. The Morgan fingerprint density at radius 3 is 1.11 bits per heavy atom. The smallest absolute Gasteiger partial charge is 0.165 e. The predicted molar refractivity (Wildman–Crippen MR) is 449 cm³/mol. The first-order chi connectivity index (χ1) is 53.5. The second-order valence-corrected chi connectivity index (χ2v) is 29.4. The van der Waals surface area contributed by atoms with Crippen LogP contribution >= 0.6 is 22.7 Å². The molecular formula is C97H57N7O2S2. The number of hydrogen-bond acceptors (Lipinski definition) is 9. The Labute approximate surface area is 625 Å². The van der Waals surface area contributed by atoms with Crippen molar-refractivity contribution in [3.63, 3.8) is 0 Å². The van der Waals surface area contributed by atoms with Crippen molar-refractivity contribution >= 4 is 151 Å². The Morgan fingerprint density at radius 1 is 0.231 bits per heavy atom. The molecule has 8 heterocycles. The fraction of sp³-hybridized carbons (Fsp3) is 0. The maximum absolute atomic E-state index is 6.64. The Kier molecular flexibility index (Phi) is 14.2. The number of rotatable bonds is 9. The maximum atomic E-state index is 6.64. The lowest BCUT2D eigenvalue weighted by atomic mass is 9.99. The lowest BCUT2D eigenvalue weighted by molar-refractivity contribution is 0.672. The molecule has 8 aromatic heterocycles. The molecule has 0 amide bonds. The normalized spacial score (nSPS) is 11.9. The second kappa shape index (κ2) is 24.9. The standard InChI is InChI=1S/C52H31N3OS.C45H26N4OS/c1-3-14-32(15-4-1)43-31-44(33-16-5-2-6-17-33)54-52(53-43)35-19-13-18-34(28-35)41-29-36(30-42-38-21-9-12-25-48(38)57-51(41)42)55-45-23-10-7-22-40(45)49-46(55)27-26-39-37-20-8-11-24-47(37)56-50(39)49;1-3-13-27(14-4-1)43-46-44(28-15-5-2-6-16-28)48-45(47-43)35-26-29(25-34-31-18-9-12-22-39(31)51-42(34)35)49-36-20-10-7-19-33(36)40-37(49)24-23-32-30-17-8-11-21-38(30)50-41(32)40/h1-31H;1-26H. The van der Waals surface area contributed by atoms with Crippen LogP contribution in [0.5, 0.6) is 0 Å². The zero-order valence-corrected chi connectivity index (χ0v) is 59.3. The van der Waals surface area contributed by atoms with Crippen molar-refractivity contribution in [2.24, 2.45) is 0 Å². The van der Waals surface area contributed by atoms with Gasteiger partial charge in [0.1, 0.15) is 22.3 Å². The van der Waals surface area contributed by atoms with E-state index in [0.29, 0.717) is 23.3 Å². The van der Waals surface area contributed by atoms with Crippen LogP contribution in [-0.4, -0.2) is 34.1 Å². The van der Waals surface area contributed by atoms with Gasteiger partial charge in [0.2, 0.25) is 0 Å². The van der Waals surface area contributed by atoms with Gasteiger partial charge in [0.25, 0.3) is 0 Å². The minimum atomic E-state index is 0.640. The Balaban J connectivity index is 0.000000135. The summed E-state index contributed by atoms with van der Waals surface area (Å²) < 4.78 is 22.9.